The molecule has 2 heterocycles. The molecule has 1 fully saturated rings. The number of carbonyl (C=O) groups excluding carboxylic acids is 2. The first-order valence-corrected chi connectivity index (χ1v) is 7.12. The van der Waals surface area contributed by atoms with Gasteiger partial charge in [0.15, 0.2) is 6.61 Å². The molecular weight excluding hydrogens is 272 g/mol. The highest BCUT2D eigenvalue weighted by atomic mass is 16.5. The number of rotatable bonds is 3. The number of amides is 2. The summed E-state index contributed by atoms with van der Waals surface area (Å²) in [5.74, 6) is 0.393. The van der Waals surface area contributed by atoms with E-state index in [1.54, 1.807) is 6.07 Å². The van der Waals surface area contributed by atoms with Gasteiger partial charge in [-0.3, -0.25) is 9.59 Å². The number of nitrogens with one attached hydrogen (secondary N) is 2. The van der Waals surface area contributed by atoms with Gasteiger partial charge in [0, 0.05) is 6.61 Å². The van der Waals surface area contributed by atoms with Gasteiger partial charge >= 0.3 is 0 Å². The average molecular weight is 290 g/mol. The van der Waals surface area contributed by atoms with Crippen molar-refractivity contribution in [3.05, 3.63) is 23.8 Å². The maximum absolute atomic E-state index is 12.0. The van der Waals surface area contributed by atoms with Crippen molar-refractivity contribution in [2.24, 2.45) is 0 Å². The van der Waals surface area contributed by atoms with E-state index in [1.807, 2.05) is 19.1 Å². The van der Waals surface area contributed by atoms with Crippen molar-refractivity contribution >= 4 is 17.5 Å². The van der Waals surface area contributed by atoms with Gasteiger partial charge < -0.3 is 20.1 Å². The van der Waals surface area contributed by atoms with Crippen LogP contribution in [0.3, 0.4) is 0 Å². The van der Waals surface area contributed by atoms with Crippen molar-refractivity contribution in [3.8, 4) is 5.75 Å². The maximum atomic E-state index is 12.0. The molecule has 0 unspecified atom stereocenters. The second-order valence-corrected chi connectivity index (χ2v) is 5.32. The van der Waals surface area contributed by atoms with Crippen LogP contribution in [0.25, 0.3) is 0 Å². The summed E-state index contributed by atoms with van der Waals surface area (Å²) < 4.78 is 10.7. The van der Waals surface area contributed by atoms with Crippen LogP contribution in [-0.4, -0.2) is 31.1 Å². The number of fused-ring (bicyclic) bond motifs is 1. The third-order valence-corrected chi connectivity index (χ3v) is 3.72. The fraction of sp³-hybridized carbons (Fsp3) is 0.467. The molecule has 0 bridgehead atoms. The fourth-order valence-corrected chi connectivity index (χ4v) is 2.54. The summed E-state index contributed by atoms with van der Waals surface area (Å²) in [6.45, 7) is 2.59. The molecule has 1 saturated heterocycles. The molecule has 6 nitrogen and oxygen atoms in total. The first kappa shape index (κ1) is 13.9. The quantitative estimate of drug-likeness (QED) is 0.881. The SMILES string of the molecule is C[C@H](NC(=O)[C@H]1CCCO1)c1ccc2c(c1)NC(=O)CO2. The molecule has 21 heavy (non-hydrogen) atoms. The number of anilines is 1. The lowest BCUT2D eigenvalue weighted by Crippen LogP contribution is -2.35. The zero-order valence-corrected chi connectivity index (χ0v) is 11.8. The van der Waals surface area contributed by atoms with Crippen LogP contribution in [0.1, 0.15) is 31.4 Å². The monoisotopic (exact) mass is 290 g/mol. The van der Waals surface area contributed by atoms with Crippen LogP contribution in [0, 0.1) is 0 Å². The fourth-order valence-electron chi connectivity index (χ4n) is 2.54. The van der Waals surface area contributed by atoms with Crippen LogP contribution >= 0.6 is 0 Å². The predicted molar refractivity (Wildman–Crippen MR) is 76.1 cm³/mol. The molecular formula is C15H18N2O4. The van der Waals surface area contributed by atoms with Gasteiger partial charge in [0.1, 0.15) is 11.9 Å². The molecule has 2 aliphatic rings. The molecule has 6 heteroatoms. The zero-order chi connectivity index (χ0) is 14.8. The van der Waals surface area contributed by atoms with Crippen molar-refractivity contribution < 1.29 is 19.1 Å². The Labute approximate surface area is 122 Å². The van der Waals surface area contributed by atoms with Gasteiger partial charge in [0.25, 0.3) is 5.91 Å². The van der Waals surface area contributed by atoms with Crippen molar-refractivity contribution in [1.82, 2.24) is 5.32 Å². The van der Waals surface area contributed by atoms with E-state index in [9.17, 15) is 9.59 Å². The van der Waals surface area contributed by atoms with Gasteiger partial charge in [-0.2, -0.15) is 0 Å². The van der Waals surface area contributed by atoms with E-state index >= 15 is 0 Å². The zero-order valence-electron chi connectivity index (χ0n) is 11.8. The molecule has 1 aromatic carbocycles. The summed E-state index contributed by atoms with van der Waals surface area (Å²) in [6, 6.07) is 5.36. The van der Waals surface area contributed by atoms with E-state index in [2.05, 4.69) is 10.6 Å². The van der Waals surface area contributed by atoms with Gasteiger partial charge in [-0.05, 0) is 37.5 Å². The van der Waals surface area contributed by atoms with Gasteiger partial charge in [-0.15, -0.1) is 0 Å². The first-order valence-electron chi connectivity index (χ1n) is 7.12. The van der Waals surface area contributed by atoms with Gasteiger partial charge in [0.2, 0.25) is 5.91 Å². The van der Waals surface area contributed by atoms with Crippen LogP contribution < -0.4 is 15.4 Å². The Kier molecular flexibility index (Phi) is 3.79. The first-order chi connectivity index (χ1) is 10.1. The van der Waals surface area contributed by atoms with Crippen LogP contribution in [0.15, 0.2) is 18.2 Å². The number of hydrogen-bond acceptors (Lipinski definition) is 4. The number of benzene rings is 1. The molecule has 0 aromatic heterocycles. The van der Waals surface area contributed by atoms with Crippen LogP contribution in [0.4, 0.5) is 5.69 Å². The lowest BCUT2D eigenvalue weighted by atomic mass is 10.1. The summed E-state index contributed by atoms with van der Waals surface area (Å²) in [7, 11) is 0. The lowest BCUT2D eigenvalue weighted by Gasteiger charge is -2.21. The standard InChI is InChI=1S/C15H18N2O4/c1-9(16-15(19)13-3-2-6-20-13)10-4-5-12-11(7-10)17-14(18)8-21-12/h4-5,7,9,13H,2-3,6,8H2,1H3,(H,16,19)(H,17,18)/t9-,13+/m0/s1. The Bertz CT molecular complexity index is 567. The van der Waals surface area contributed by atoms with Crippen molar-refractivity contribution in [2.75, 3.05) is 18.5 Å². The van der Waals surface area contributed by atoms with Crippen molar-refractivity contribution in [2.45, 2.75) is 31.9 Å². The predicted octanol–water partition coefficient (Wildman–Crippen LogP) is 1.37. The second-order valence-electron chi connectivity index (χ2n) is 5.32. The van der Waals surface area contributed by atoms with E-state index in [0.717, 1.165) is 18.4 Å². The summed E-state index contributed by atoms with van der Waals surface area (Å²) in [5, 5.41) is 5.70. The summed E-state index contributed by atoms with van der Waals surface area (Å²) >= 11 is 0. The van der Waals surface area contributed by atoms with Gasteiger partial charge in [-0.1, -0.05) is 6.07 Å². The van der Waals surface area contributed by atoms with Crippen LogP contribution in [-0.2, 0) is 14.3 Å². The van der Waals surface area contributed by atoms with E-state index in [0.29, 0.717) is 18.0 Å². The van der Waals surface area contributed by atoms with E-state index < -0.39 is 0 Å². The van der Waals surface area contributed by atoms with Crippen LogP contribution in [0.2, 0.25) is 0 Å². The molecule has 2 aliphatic heterocycles. The smallest absolute Gasteiger partial charge is 0.262 e. The molecule has 0 radical (unpaired) electrons. The molecule has 1 aromatic rings. The average Bonchev–Trinajstić information content (AvgIpc) is 3.00. The molecule has 2 atom stereocenters. The Morgan fingerprint density at radius 2 is 2.33 bits per heavy atom. The highest BCUT2D eigenvalue weighted by Crippen LogP contribution is 2.30. The molecule has 0 saturated carbocycles. The minimum Gasteiger partial charge on any atom is -0.482 e. The normalized spacial score (nSPS) is 22.0. The largest absolute Gasteiger partial charge is 0.482 e. The Morgan fingerprint density at radius 1 is 1.48 bits per heavy atom. The third kappa shape index (κ3) is 3.00. The second kappa shape index (κ2) is 5.73. The summed E-state index contributed by atoms with van der Waals surface area (Å²) in [6.07, 6.45) is 1.36. The minimum atomic E-state index is -0.340. The van der Waals surface area contributed by atoms with E-state index in [1.165, 1.54) is 0 Å². The Morgan fingerprint density at radius 3 is 3.10 bits per heavy atom. The number of ether oxygens (including phenoxy) is 2. The van der Waals surface area contributed by atoms with E-state index in [-0.39, 0.29) is 30.6 Å². The third-order valence-electron chi connectivity index (χ3n) is 3.72. The lowest BCUT2D eigenvalue weighted by molar-refractivity contribution is -0.130. The minimum absolute atomic E-state index is 0.0393. The highest BCUT2D eigenvalue weighted by Gasteiger charge is 2.25. The molecule has 112 valence electrons. The van der Waals surface area contributed by atoms with Gasteiger partial charge in [-0.25, -0.2) is 0 Å². The van der Waals surface area contributed by atoms with Crippen molar-refractivity contribution in [3.63, 3.8) is 0 Å². The molecule has 3 rings (SSSR count). The Balaban J connectivity index is 1.69. The molecule has 0 spiro atoms. The molecule has 2 amide bonds. The molecule has 0 aliphatic carbocycles. The molecule has 2 N–H and O–H groups in total. The number of carbonyl (C=O) groups is 2. The topological polar surface area (TPSA) is 76.7 Å². The van der Waals surface area contributed by atoms with Crippen molar-refractivity contribution in [1.29, 1.82) is 0 Å². The highest BCUT2D eigenvalue weighted by molar-refractivity contribution is 5.95. The van der Waals surface area contributed by atoms with Crippen LogP contribution in [0.5, 0.6) is 5.75 Å². The Hall–Kier alpha value is -2.08. The van der Waals surface area contributed by atoms with E-state index in [4.69, 9.17) is 9.47 Å². The van der Waals surface area contributed by atoms with Gasteiger partial charge in [0.05, 0.1) is 11.7 Å². The maximum Gasteiger partial charge on any atom is 0.262 e. The summed E-state index contributed by atoms with van der Waals surface area (Å²) in [4.78, 5) is 23.4. The summed E-state index contributed by atoms with van der Waals surface area (Å²) in [5.41, 5.74) is 1.55. The number of hydrogen-bond donors (Lipinski definition) is 2.